The van der Waals surface area contributed by atoms with Gasteiger partial charge in [0.15, 0.2) is 0 Å². The fraction of sp³-hybridized carbons (Fsp3) is 0.500. The highest BCUT2D eigenvalue weighted by Gasteiger charge is 2.53. The van der Waals surface area contributed by atoms with Crippen LogP contribution in [0.1, 0.15) is 37.0 Å². The Hall–Kier alpha value is -2.41. The summed E-state index contributed by atoms with van der Waals surface area (Å²) in [4.78, 5) is 41.0. The van der Waals surface area contributed by atoms with Crippen molar-refractivity contribution in [3.8, 4) is 0 Å². The number of para-hydroxylation sites is 1. The molecular weight excluding hydrogens is 322 g/mol. The maximum absolute atomic E-state index is 13.0. The van der Waals surface area contributed by atoms with E-state index in [0.717, 1.165) is 0 Å². The van der Waals surface area contributed by atoms with Gasteiger partial charge in [0.1, 0.15) is 12.2 Å². The molecule has 7 heteroatoms. The number of carbonyl (C=O) groups is 3. The molecule has 0 spiro atoms. The van der Waals surface area contributed by atoms with E-state index < -0.39 is 5.66 Å². The third kappa shape index (κ3) is 2.89. The molecule has 2 atom stereocenters. The van der Waals surface area contributed by atoms with Gasteiger partial charge in [-0.25, -0.2) is 0 Å². The number of rotatable bonds is 5. The minimum atomic E-state index is -0.815. The van der Waals surface area contributed by atoms with Gasteiger partial charge < -0.3 is 15.0 Å². The summed E-state index contributed by atoms with van der Waals surface area (Å²) in [5, 5.41) is 2.82. The van der Waals surface area contributed by atoms with Gasteiger partial charge >= 0.3 is 0 Å². The lowest BCUT2D eigenvalue weighted by atomic mass is 9.98. The van der Waals surface area contributed by atoms with Crippen molar-refractivity contribution in [1.82, 2.24) is 10.2 Å². The number of amides is 3. The molecule has 7 nitrogen and oxygen atoms in total. The van der Waals surface area contributed by atoms with E-state index in [9.17, 15) is 14.4 Å². The van der Waals surface area contributed by atoms with Gasteiger partial charge in [-0.3, -0.25) is 19.3 Å². The predicted molar refractivity (Wildman–Crippen MR) is 92.1 cm³/mol. The molecule has 1 aromatic carbocycles. The largest absolute Gasteiger partial charge is 0.383 e. The van der Waals surface area contributed by atoms with E-state index >= 15 is 0 Å². The molecule has 3 rings (SSSR count). The van der Waals surface area contributed by atoms with Crippen molar-refractivity contribution < 1.29 is 19.1 Å². The third-order valence-corrected chi connectivity index (χ3v) is 4.87. The molecule has 0 aliphatic carbocycles. The monoisotopic (exact) mass is 345 g/mol. The highest BCUT2D eigenvalue weighted by molar-refractivity contribution is 6.11. The molecule has 0 radical (unpaired) electrons. The maximum atomic E-state index is 13.0. The number of methoxy groups -OCH3 is 1. The number of nitrogens with zero attached hydrogens (tertiary/aromatic N) is 2. The quantitative estimate of drug-likeness (QED) is 0.868. The molecule has 2 aliphatic rings. The van der Waals surface area contributed by atoms with Crippen molar-refractivity contribution >= 4 is 23.4 Å². The van der Waals surface area contributed by atoms with E-state index in [2.05, 4.69) is 5.32 Å². The number of nitrogens with one attached hydrogen (secondary N) is 1. The molecule has 2 aliphatic heterocycles. The zero-order valence-corrected chi connectivity index (χ0v) is 14.7. The van der Waals surface area contributed by atoms with Crippen LogP contribution >= 0.6 is 0 Å². The van der Waals surface area contributed by atoms with E-state index in [4.69, 9.17) is 4.74 Å². The number of anilines is 1. The second kappa shape index (κ2) is 6.48. The van der Waals surface area contributed by atoms with Gasteiger partial charge in [-0.2, -0.15) is 0 Å². The SMILES string of the molecule is COCC(C)NC(=O)CN1C(=O)c2ccccc2N2C(=O)CCC12C. The van der Waals surface area contributed by atoms with Crippen molar-refractivity contribution in [2.75, 3.05) is 25.2 Å². The van der Waals surface area contributed by atoms with Gasteiger partial charge in [0.2, 0.25) is 11.8 Å². The van der Waals surface area contributed by atoms with E-state index in [0.29, 0.717) is 30.7 Å². The van der Waals surface area contributed by atoms with Crippen LogP contribution in [-0.4, -0.2) is 54.6 Å². The minimum absolute atomic E-state index is 0.0272. The first-order chi connectivity index (χ1) is 11.9. The predicted octanol–water partition coefficient (Wildman–Crippen LogP) is 1.14. The normalized spacial score (nSPS) is 23.3. The first-order valence-electron chi connectivity index (χ1n) is 8.41. The third-order valence-electron chi connectivity index (χ3n) is 4.87. The molecule has 25 heavy (non-hydrogen) atoms. The van der Waals surface area contributed by atoms with Crippen LogP contribution in [0.2, 0.25) is 0 Å². The average molecular weight is 345 g/mol. The Morgan fingerprint density at radius 2 is 2.08 bits per heavy atom. The van der Waals surface area contributed by atoms with Crippen LogP contribution < -0.4 is 10.2 Å². The Morgan fingerprint density at radius 1 is 1.36 bits per heavy atom. The fourth-order valence-electron chi connectivity index (χ4n) is 3.70. The second-order valence-electron chi connectivity index (χ2n) is 6.78. The van der Waals surface area contributed by atoms with Crippen molar-refractivity contribution in [2.24, 2.45) is 0 Å². The number of ether oxygens (including phenoxy) is 1. The highest BCUT2D eigenvalue weighted by atomic mass is 16.5. The summed E-state index contributed by atoms with van der Waals surface area (Å²) in [5.41, 5.74) is 0.263. The standard InChI is InChI=1S/C18H23N3O4/c1-12(11-25-3)19-15(22)10-20-17(24)13-6-4-5-7-14(13)21-16(23)8-9-18(20,21)2/h4-7,12H,8-11H2,1-3H3,(H,19,22). The molecule has 2 heterocycles. The summed E-state index contributed by atoms with van der Waals surface area (Å²) in [6, 6.07) is 6.90. The molecule has 0 aromatic heterocycles. The van der Waals surface area contributed by atoms with Gasteiger partial charge in [0.05, 0.1) is 17.9 Å². The molecule has 1 saturated heterocycles. The number of fused-ring (bicyclic) bond motifs is 3. The molecule has 1 aromatic rings. The second-order valence-corrected chi connectivity index (χ2v) is 6.78. The molecule has 0 bridgehead atoms. The molecule has 3 amide bonds. The summed E-state index contributed by atoms with van der Waals surface area (Å²) in [6.07, 6.45) is 0.864. The van der Waals surface area contributed by atoms with Crippen LogP contribution in [0.3, 0.4) is 0 Å². The van der Waals surface area contributed by atoms with E-state index in [1.165, 1.54) is 4.90 Å². The first kappa shape index (κ1) is 17.4. The molecule has 0 saturated carbocycles. The van der Waals surface area contributed by atoms with Crippen molar-refractivity contribution in [1.29, 1.82) is 0 Å². The Labute approximate surface area is 146 Å². The van der Waals surface area contributed by atoms with Crippen LogP contribution in [-0.2, 0) is 14.3 Å². The van der Waals surface area contributed by atoms with Gasteiger partial charge in [-0.05, 0) is 32.4 Å². The lowest BCUT2D eigenvalue weighted by Gasteiger charge is -2.48. The topological polar surface area (TPSA) is 79.0 Å². The smallest absolute Gasteiger partial charge is 0.258 e. The van der Waals surface area contributed by atoms with Crippen LogP contribution in [0.15, 0.2) is 24.3 Å². The first-order valence-corrected chi connectivity index (χ1v) is 8.41. The van der Waals surface area contributed by atoms with Crippen LogP contribution in [0.25, 0.3) is 0 Å². The van der Waals surface area contributed by atoms with Gasteiger partial charge in [0.25, 0.3) is 5.91 Å². The highest BCUT2D eigenvalue weighted by Crippen LogP contribution is 2.43. The van der Waals surface area contributed by atoms with Gasteiger partial charge in [-0.15, -0.1) is 0 Å². The van der Waals surface area contributed by atoms with Crippen LogP contribution in [0.4, 0.5) is 5.69 Å². The zero-order valence-electron chi connectivity index (χ0n) is 14.7. The van der Waals surface area contributed by atoms with Crippen LogP contribution in [0, 0.1) is 0 Å². The molecular formula is C18H23N3O4. The van der Waals surface area contributed by atoms with Gasteiger partial charge in [-0.1, -0.05) is 12.1 Å². The minimum Gasteiger partial charge on any atom is -0.383 e. The van der Waals surface area contributed by atoms with Crippen molar-refractivity contribution in [2.45, 2.75) is 38.4 Å². The molecule has 1 fully saturated rings. The van der Waals surface area contributed by atoms with E-state index in [1.54, 1.807) is 30.2 Å². The van der Waals surface area contributed by atoms with Crippen molar-refractivity contribution in [3.05, 3.63) is 29.8 Å². The average Bonchev–Trinajstić information content (AvgIpc) is 2.88. The molecule has 1 N–H and O–H groups in total. The molecule has 2 unspecified atom stereocenters. The Bertz CT molecular complexity index is 720. The van der Waals surface area contributed by atoms with Crippen molar-refractivity contribution in [3.63, 3.8) is 0 Å². The number of carbonyl (C=O) groups excluding carboxylic acids is 3. The summed E-state index contributed by atoms with van der Waals surface area (Å²) in [6.45, 7) is 3.98. The number of hydrogen-bond donors (Lipinski definition) is 1. The summed E-state index contributed by atoms with van der Waals surface area (Å²) in [7, 11) is 1.57. The number of benzene rings is 1. The molecule has 134 valence electrons. The number of hydrogen-bond acceptors (Lipinski definition) is 4. The summed E-state index contributed by atoms with van der Waals surface area (Å²) in [5.74, 6) is -0.517. The fourth-order valence-corrected chi connectivity index (χ4v) is 3.70. The van der Waals surface area contributed by atoms with Crippen LogP contribution in [0.5, 0.6) is 0 Å². The van der Waals surface area contributed by atoms with Gasteiger partial charge in [0, 0.05) is 19.6 Å². The lowest BCUT2D eigenvalue weighted by Crippen LogP contribution is -2.64. The summed E-state index contributed by atoms with van der Waals surface area (Å²) >= 11 is 0. The maximum Gasteiger partial charge on any atom is 0.258 e. The Morgan fingerprint density at radius 3 is 2.80 bits per heavy atom. The van der Waals surface area contributed by atoms with E-state index in [1.807, 2.05) is 19.9 Å². The Kier molecular flexibility index (Phi) is 4.51. The van der Waals surface area contributed by atoms with E-state index in [-0.39, 0.29) is 30.3 Å². The lowest BCUT2D eigenvalue weighted by molar-refractivity contribution is -0.124. The summed E-state index contributed by atoms with van der Waals surface area (Å²) < 4.78 is 5.02. The zero-order chi connectivity index (χ0) is 18.2. The Balaban J connectivity index is 1.90.